The Morgan fingerprint density at radius 2 is 1.78 bits per heavy atom. The molecule has 0 aliphatic rings. The highest BCUT2D eigenvalue weighted by Crippen LogP contribution is 2.33. The molecule has 0 saturated carbocycles. The van der Waals surface area contributed by atoms with Crippen LogP contribution in [0.25, 0.3) is 34.8 Å². The topological polar surface area (TPSA) is 81.9 Å². The Kier molecular flexibility index (Phi) is 9.53. The molecule has 0 saturated heterocycles. The van der Waals surface area contributed by atoms with Gasteiger partial charge in [0.2, 0.25) is 5.91 Å². The molecule has 4 heterocycles. The van der Waals surface area contributed by atoms with Gasteiger partial charge in [0.1, 0.15) is 17.9 Å². The number of aromatic nitrogens is 4. The van der Waals surface area contributed by atoms with Gasteiger partial charge >= 0.3 is 0 Å². The van der Waals surface area contributed by atoms with Crippen LogP contribution in [-0.4, -0.2) is 25.4 Å². The molecule has 0 spiro atoms. The second kappa shape index (κ2) is 14.2. The lowest BCUT2D eigenvalue weighted by Gasteiger charge is -2.16. The van der Waals surface area contributed by atoms with Crippen molar-refractivity contribution in [1.82, 2.24) is 24.8 Å². The van der Waals surface area contributed by atoms with Crippen molar-refractivity contribution in [2.75, 3.05) is 0 Å². The summed E-state index contributed by atoms with van der Waals surface area (Å²) < 4.78 is 8.12. The smallest absolute Gasteiger partial charge is 0.244 e. The Morgan fingerprint density at radius 1 is 0.913 bits per heavy atom. The fourth-order valence-electron chi connectivity index (χ4n) is 4.86. The number of hydrogen-bond acceptors (Lipinski definition) is 5. The molecule has 2 aromatic carbocycles. The molecule has 9 heteroatoms. The Labute approximate surface area is 276 Å². The molecular weight excluding hydrogens is 617 g/mol. The quantitative estimate of drug-likeness (QED) is 0.151. The van der Waals surface area contributed by atoms with E-state index >= 15 is 0 Å². The molecule has 0 aliphatic carbocycles. The molecule has 0 bridgehead atoms. The zero-order valence-electron chi connectivity index (χ0n) is 24.9. The number of pyridine rings is 3. The standard InChI is InChI=1S/C37H29Cl2N5O2/c1-25-7-11-28-4-2-6-34(37(28)43-25)46-24-31-32(38)14-15-33(36(31)39)44-21-3-5-30(44)23-42-35(45)16-10-27-9-13-29(41-22-27)12-8-26-17-19-40-20-18-26/h2-22H,23-24H2,1H3,(H,42,45)/b12-8+,16-10+. The summed E-state index contributed by atoms with van der Waals surface area (Å²) in [7, 11) is 0. The van der Waals surface area contributed by atoms with Crippen LogP contribution in [-0.2, 0) is 17.9 Å². The van der Waals surface area contributed by atoms with Gasteiger partial charge in [-0.2, -0.15) is 0 Å². The molecule has 46 heavy (non-hydrogen) atoms. The normalized spacial score (nSPS) is 11.5. The van der Waals surface area contributed by atoms with Gasteiger partial charge in [0.15, 0.2) is 0 Å². The fourth-order valence-corrected chi connectivity index (χ4v) is 5.43. The number of hydrogen-bond donors (Lipinski definition) is 1. The van der Waals surface area contributed by atoms with Gasteiger partial charge in [0, 0.05) is 58.2 Å². The Balaban J connectivity index is 1.10. The van der Waals surface area contributed by atoms with Gasteiger partial charge in [0.05, 0.1) is 22.9 Å². The molecule has 6 aromatic rings. The van der Waals surface area contributed by atoms with Gasteiger partial charge in [-0.3, -0.25) is 14.8 Å². The molecular formula is C37H29Cl2N5O2. The van der Waals surface area contributed by atoms with Crippen molar-refractivity contribution < 1.29 is 9.53 Å². The van der Waals surface area contributed by atoms with Gasteiger partial charge < -0.3 is 14.6 Å². The van der Waals surface area contributed by atoms with E-state index < -0.39 is 0 Å². The lowest BCUT2D eigenvalue weighted by Crippen LogP contribution is -2.21. The molecule has 7 nitrogen and oxygen atoms in total. The SMILES string of the molecule is Cc1ccc2cccc(OCc3c(Cl)ccc(-n4cccc4CNC(=O)/C=C/c4ccc(/C=C/c5ccncc5)nc4)c3Cl)c2n1. The number of ether oxygens (including phenoxy) is 1. The van der Waals surface area contributed by atoms with E-state index in [0.29, 0.717) is 27.9 Å². The van der Waals surface area contributed by atoms with Crippen molar-refractivity contribution in [3.05, 3.63) is 154 Å². The molecule has 0 aliphatic heterocycles. The number of carbonyl (C=O) groups excluding carboxylic acids is 1. The zero-order valence-corrected chi connectivity index (χ0v) is 26.4. The Hall–Kier alpha value is -5.24. The highest BCUT2D eigenvalue weighted by atomic mass is 35.5. The molecule has 0 unspecified atom stereocenters. The first kappa shape index (κ1) is 30.8. The van der Waals surface area contributed by atoms with Gasteiger partial charge in [-0.15, -0.1) is 0 Å². The molecule has 4 aromatic heterocycles. The number of amides is 1. The van der Waals surface area contributed by atoms with Crippen molar-refractivity contribution in [3.8, 4) is 11.4 Å². The lowest BCUT2D eigenvalue weighted by molar-refractivity contribution is -0.116. The summed E-state index contributed by atoms with van der Waals surface area (Å²) in [4.78, 5) is 25.8. The van der Waals surface area contributed by atoms with E-state index in [1.807, 2.05) is 103 Å². The third-order valence-electron chi connectivity index (χ3n) is 7.29. The van der Waals surface area contributed by atoms with Crippen LogP contribution in [0, 0.1) is 6.92 Å². The Morgan fingerprint density at radius 3 is 2.61 bits per heavy atom. The second-order valence-electron chi connectivity index (χ2n) is 10.5. The second-order valence-corrected chi connectivity index (χ2v) is 11.3. The average molecular weight is 647 g/mol. The number of nitrogens with zero attached hydrogens (tertiary/aromatic N) is 4. The molecule has 1 N–H and O–H groups in total. The first-order chi connectivity index (χ1) is 22.4. The third-order valence-corrected chi connectivity index (χ3v) is 8.06. The summed E-state index contributed by atoms with van der Waals surface area (Å²) in [6.07, 6.45) is 14.2. The van der Waals surface area contributed by atoms with Gasteiger partial charge in [0.25, 0.3) is 0 Å². The van der Waals surface area contributed by atoms with Crippen LogP contribution in [0.3, 0.4) is 0 Å². The van der Waals surface area contributed by atoms with Crippen LogP contribution in [0.5, 0.6) is 5.75 Å². The minimum absolute atomic E-state index is 0.162. The summed E-state index contributed by atoms with van der Waals surface area (Å²) in [6, 6.07) is 24.9. The van der Waals surface area contributed by atoms with E-state index in [0.717, 1.165) is 44.8 Å². The van der Waals surface area contributed by atoms with Crippen molar-refractivity contribution in [2.45, 2.75) is 20.1 Å². The highest BCUT2D eigenvalue weighted by molar-refractivity contribution is 6.37. The summed E-state index contributed by atoms with van der Waals surface area (Å²) in [5.41, 5.74) is 6.59. The number of nitrogens with one attached hydrogen (secondary N) is 1. The number of halogens is 2. The molecule has 0 radical (unpaired) electrons. The van der Waals surface area contributed by atoms with E-state index in [4.69, 9.17) is 27.9 Å². The van der Waals surface area contributed by atoms with Crippen molar-refractivity contribution >= 4 is 58.2 Å². The summed E-state index contributed by atoms with van der Waals surface area (Å²) in [5, 5.41) is 4.90. The lowest BCUT2D eigenvalue weighted by atomic mass is 10.1. The summed E-state index contributed by atoms with van der Waals surface area (Å²) >= 11 is 13.5. The molecule has 1 amide bonds. The van der Waals surface area contributed by atoms with Crippen molar-refractivity contribution in [3.63, 3.8) is 0 Å². The minimum atomic E-state index is -0.232. The van der Waals surface area contributed by atoms with Gasteiger partial charge in [-0.1, -0.05) is 53.5 Å². The Bertz CT molecular complexity index is 2050. The van der Waals surface area contributed by atoms with Crippen LogP contribution in [0.4, 0.5) is 0 Å². The average Bonchev–Trinajstić information content (AvgIpc) is 3.54. The van der Waals surface area contributed by atoms with Crippen LogP contribution in [0.15, 0.2) is 110 Å². The van der Waals surface area contributed by atoms with Crippen LogP contribution < -0.4 is 10.1 Å². The maximum absolute atomic E-state index is 12.7. The van der Waals surface area contributed by atoms with E-state index in [9.17, 15) is 4.79 Å². The van der Waals surface area contributed by atoms with E-state index in [2.05, 4.69) is 20.3 Å². The zero-order chi connectivity index (χ0) is 31.9. The van der Waals surface area contributed by atoms with E-state index in [1.165, 1.54) is 6.08 Å². The maximum Gasteiger partial charge on any atom is 0.244 e. The van der Waals surface area contributed by atoms with Crippen molar-refractivity contribution in [1.29, 1.82) is 0 Å². The number of fused-ring (bicyclic) bond motifs is 1. The molecule has 0 atom stereocenters. The van der Waals surface area contributed by atoms with Crippen LogP contribution in [0.2, 0.25) is 10.0 Å². The number of benzene rings is 2. The monoisotopic (exact) mass is 645 g/mol. The highest BCUT2D eigenvalue weighted by Gasteiger charge is 2.16. The van der Waals surface area contributed by atoms with E-state index in [-0.39, 0.29) is 12.5 Å². The largest absolute Gasteiger partial charge is 0.487 e. The van der Waals surface area contributed by atoms with Gasteiger partial charge in [-0.05, 0) is 84.8 Å². The number of carbonyl (C=O) groups is 1. The van der Waals surface area contributed by atoms with Crippen LogP contribution >= 0.6 is 23.2 Å². The minimum Gasteiger partial charge on any atom is -0.487 e. The van der Waals surface area contributed by atoms with E-state index in [1.54, 1.807) is 30.7 Å². The fraction of sp³-hybridized carbons (Fsp3) is 0.0811. The summed E-state index contributed by atoms with van der Waals surface area (Å²) in [5.74, 6) is 0.422. The molecule has 0 fully saturated rings. The third kappa shape index (κ3) is 7.34. The van der Waals surface area contributed by atoms with Gasteiger partial charge in [-0.25, -0.2) is 4.98 Å². The van der Waals surface area contributed by atoms with Crippen molar-refractivity contribution in [2.24, 2.45) is 0 Å². The first-order valence-electron chi connectivity index (χ1n) is 14.6. The first-order valence-corrected chi connectivity index (χ1v) is 15.3. The molecule has 228 valence electrons. The number of rotatable bonds is 10. The predicted octanol–water partition coefficient (Wildman–Crippen LogP) is 8.51. The molecule has 6 rings (SSSR count). The predicted molar refractivity (Wildman–Crippen MR) is 185 cm³/mol. The number of aryl methyl sites for hydroxylation is 1. The number of para-hydroxylation sites is 1. The maximum atomic E-state index is 12.7. The van der Waals surface area contributed by atoms with Crippen LogP contribution in [0.1, 0.15) is 33.8 Å². The summed E-state index contributed by atoms with van der Waals surface area (Å²) in [6.45, 7) is 2.40.